The summed E-state index contributed by atoms with van der Waals surface area (Å²) in [6.07, 6.45) is 14.4. The van der Waals surface area contributed by atoms with Crippen molar-refractivity contribution in [3.63, 3.8) is 0 Å². The van der Waals surface area contributed by atoms with Gasteiger partial charge in [0.15, 0.2) is 6.23 Å². The minimum atomic E-state index is -0.508. The molecule has 2 aromatic carbocycles. The largest absolute Gasteiger partial charge is 0.336 e. The van der Waals surface area contributed by atoms with Crippen LogP contribution in [0.5, 0.6) is 0 Å². The molecule has 3 aliphatic rings. The Balaban J connectivity index is 1.20. The van der Waals surface area contributed by atoms with Crippen LogP contribution < -0.4 is 5.32 Å². The summed E-state index contributed by atoms with van der Waals surface area (Å²) in [6, 6.07) is 18.9. The van der Waals surface area contributed by atoms with E-state index in [-0.39, 0.29) is 18.1 Å². The summed E-state index contributed by atoms with van der Waals surface area (Å²) < 4.78 is 3.03. The highest BCUT2D eigenvalue weighted by Crippen LogP contribution is 2.39. The van der Waals surface area contributed by atoms with Gasteiger partial charge in [-0.3, -0.25) is 19.6 Å². The molecule has 9 nitrogen and oxygen atoms in total. The van der Waals surface area contributed by atoms with Crippen LogP contribution in [0.2, 0.25) is 5.02 Å². The van der Waals surface area contributed by atoms with Gasteiger partial charge in [-0.05, 0) is 82.1 Å². The fourth-order valence-electron chi connectivity index (χ4n) is 7.39. The van der Waals surface area contributed by atoms with Gasteiger partial charge in [0.05, 0.1) is 18.1 Å². The van der Waals surface area contributed by atoms with Gasteiger partial charge in [0.1, 0.15) is 0 Å². The minimum absolute atomic E-state index is 0.0451. The Morgan fingerprint density at radius 3 is 2.69 bits per heavy atom. The van der Waals surface area contributed by atoms with E-state index in [1.807, 2.05) is 52.9 Å². The number of hydrogen-bond acceptors (Lipinski definition) is 6. The summed E-state index contributed by atoms with van der Waals surface area (Å²) >= 11 is 10.2. The molecule has 1 saturated carbocycles. The van der Waals surface area contributed by atoms with Crippen molar-refractivity contribution in [2.75, 3.05) is 26.2 Å². The molecule has 252 valence electrons. The molecule has 48 heavy (non-hydrogen) atoms. The van der Waals surface area contributed by atoms with Gasteiger partial charge in [-0.25, -0.2) is 9.78 Å². The number of carbonyl (C=O) groups excluding carboxylic acids is 1. The van der Waals surface area contributed by atoms with Gasteiger partial charge in [-0.2, -0.15) is 5.06 Å². The Kier molecular flexibility index (Phi) is 10.7. The highest BCUT2D eigenvalue weighted by atomic mass is 79.9. The molecule has 11 heteroatoms. The van der Waals surface area contributed by atoms with Crippen molar-refractivity contribution in [1.29, 1.82) is 0 Å². The quantitative estimate of drug-likeness (QED) is 0.187. The molecule has 0 unspecified atom stereocenters. The molecule has 4 aromatic rings. The lowest BCUT2D eigenvalue weighted by molar-refractivity contribution is -0.251. The predicted molar refractivity (Wildman–Crippen MR) is 190 cm³/mol. The maximum absolute atomic E-state index is 14.0. The molecule has 0 spiro atoms. The number of nitrogens with one attached hydrogen (secondary N) is 1. The lowest BCUT2D eigenvalue weighted by atomic mass is 9.95. The van der Waals surface area contributed by atoms with Gasteiger partial charge < -0.3 is 9.88 Å². The van der Waals surface area contributed by atoms with Crippen LogP contribution >= 0.6 is 27.5 Å². The SMILES string of the molecule is O=C(NC1CCCCC1)N1CCN([C@H]2c3ccc(Cl)cc3CCc3cc(Br)cnc32)C[C@@H]1ON(CCn1ccnc1)Cc1ccccc1. The smallest absolute Gasteiger partial charge is 0.319 e. The molecular formula is C37H43BrClN7O2. The maximum atomic E-state index is 14.0. The predicted octanol–water partition coefficient (Wildman–Crippen LogP) is 7.00. The molecule has 2 amide bonds. The van der Waals surface area contributed by atoms with E-state index in [0.717, 1.165) is 59.3 Å². The van der Waals surface area contributed by atoms with Crippen molar-refractivity contribution in [2.45, 2.75) is 76.3 Å². The number of nitrogens with zero attached hydrogens (tertiary/aromatic N) is 6. The second-order valence-electron chi connectivity index (χ2n) is 13.1. The molecule has 2 fully saturated rings. The summed E-state index contributed by atoms with van der Waals surface area (Å²) in [5.74, 6) is 0. The number of amides is 2. The first kappa shape index (κ1) is 33.2. The average Bonchev–Trinajstić information content (AvgIpc) is 3.57. The van der Waals surface area contributed by atoms with Crippen molar-refractivity contribution in [3.05, 3.63) is 117 Å². The van der Waals surface area contributed by atoms with E-state index < -0.39 is 6.23 Å². The van der Waals surface area contributed by atoms with Crippen LogP contribution in [0, 0.1) is 0 Å². The van der Waals surface area contributed by atoms with Gasteiger partial charge in [0.2, 0.25) is 0 Å². The van der Waals surface area contributed by atoms with Crippen LogP contribution in [0.3, 0.4) is 0 Å². The lowest BCUT2D eigenvalue weighted by Gasteiger charge is -2.45. The second kappa shape index (κ2) is 15.5. The van der Waals surface area contributed by atoms with E-state index in [4.69, 9.17) is 21.4 Å². The first-order valence-electron chi connectivity index (χ1n) is 17.2. The van der Waals surface area contributed by atoms with Crippen LogP contribution in [0.15, 0.2) is 84.0 Å². The summed E-state index contributed by atoms with van der Waals surface area (Å²) in [5, 5.41) is 6.12. The van der Waals surface area contributed by atoms with E-state index in [9.17, 15) is 4.79 Å². The van der Waals surface area contributed by atoms with Crippen molar-refractivity contribution < 1.29 is 9.63 Å². The number of benzene rings is 2. The number of halogens is 2. The standard InChI is InChI=1S/C37H43BrClN7O2/c38-30-21-29-12-11-28-22-31(39)13-14-33(28)36(35(29)41-23-30)44-18-20-46(37(47)42-32-9-5-2-6-10-32)34(25-44)48-45(19-17-43-16-15-40-26-43)24-27-7-3-1-4-8-27/h1,3-4,7-8,13-16,21-23,26,32,34,36H,2,5-6,9-12,17-20,24-25H2,(H,42,47)/t34-,36-/m0/s1. The van der Waals surface area contributed by atoms with E-state index in [2.05, 4.69) is 66.0 Å². The number of fused-ring (bicyclic) bond motifs is 2. The molecule has 7 rings (SSSR count). The topological polar surface area (TPSA) is 78.8 Å². The first-order chi connectivity index (χ1) is 23.5. The van der Waals surface area contributed by atoms with E-state index in [0.29, 0.717) is 39.3 Å². The highest BCUT2D eigenvalue weighted by molar-refractivity contribution is 9.10. The summed E-state index contributed by atoms with van der Waals surface area (Å²) in [5.41, 5.74) is 5.88. The van der Waals surface area contributed by atoms with E-state index >= 15 is 0 Å². The molecule has 2 atom stereocenters. The lowest BCUT2D eigenvalue weighted by Crippen LogP contribution is -2.61. The molecule has 1 aliphatic heterocycles. The van der Waals surface area contributed by atoms with Crippen molar-refractivity contribution in [1.82, 2.24) is 34.7 Å². The second-order valence-corrected chi connectivity index (χ2v) is 14.5. The number of pyridine rings is 1. The Hall–Kier alpha value is -3.28. The Labute approximate surface area is 296 Å². The molecule has 2 aliphatic carbocycles. The van der Waals surface area contributed by atoms with Crippen LogP contribution in [-0.2, 0) is 30.8 Å². The zero-order valence-corrected chi connectivity index (χ0v) is 29.5. The number of urea groups is 1. The average molecular weight is 733 g/mol. The fourth-order valence-corrected chi connectivity index (χ4v) is 7.96. The molecule has 0 bridgehead atoms. The monoisotopic (exact) mass is 731 g/mol. The number of aromatic nitrogens is 3. The zero-order valence-electron chi connectivity index (χ0n) is 27.2. The minimum Gasteiger partial charge on any atom is -0.336 e. The van der Waals surface area contributed by atoms with Crippen LogP contribution in [0.4, 0.5) is 4.79 Å². The summed E-state index contributed by atoms with van der Waals surface area (Å²) in [6.45, 7) is 3.68. The van der Waals surface area contributed by atoms with Crippen molar-refractivity contribution in [2.24, 2.45) is 0 Å². The number of imidazole rings is 1. The zero-order chi connectivity index (χ0) is 32.9. The molecule has 0 radical (unpaired) electrons. The number of carbonyl (C=O) groups is 1. The third-order valence-electron chi connectivity index (χ3n) is 9.85. The van der Waals surface area contributed by atoms with E-state index in [1.165, 1.54) is 23.1 Å². The third-order valence-corrected chi connectivity index (χ3v) is 10.5. The highest BCUT2D eigenvalue weighted by Gasteiger charge is 2.39. The van der Waals surface area contributed by atoms with Crippen molar-refractivity contribution in [3.8, 4) is 0 Å². The molecule has 3 heterocycles. The van der Waals surface area contributed by atoms with Crippen molar-refractivity contribution >= 4 is 33.6 Å². The fraction of sp³-hybridized carbons (Fsp3) is 0.432. The van der Waals surface area contributed by atoms with Crippen LogP contribution in [0.1, 0.15) is 66.1 Å². The Morgan fingerprint density at radius 2 is 1.88 bits per heavy atom. The summed E-state index contributed by atoms with van der Waals surface area (Å²) in [7, 11) is 0. The van der Waals surface area contributed by atoms with Gasteiger partial charge in [-0.15, -0.1) is 0 Å². The van der Waals surface area contributed by atoms with Crippen LogP contribution in [0.25, 0.3) is 0 Å². The molecule has 1 N–H and O–H groups in total. The summed E-state index contributed by atoms with van der Waals surface area (Å²) in [4.78, 5) is 34.6. The van der Waals surface area contributed by atoms with Crippen LogP contribution in [-0.4, -0.2) is 73.9 Å². The Morgan fingerprint density at radius 1 is 1.04 bits per heavy atom. The van der Waals surface area contributed by atoms with Gasteiger partial charge >= 0.3 is 6.03 Å². The molecule has 1 saturated heterocycles. The van der Waals surface area contributed by atoms with E-state index in [1.54, 1.807) is 6.20 Å². The number of piperazine rings is 1. The van der Waals surface area contributed by atoms with Gasteiger partial charge in [0.25, 0.3) is 0 Å². The van der Waals surface area contributed by atoms with Gasteiger partial charge in [0, 0.05) is 73.4 Å². The van der Waals surface area contributed by atoms with Gasteiger partial charge in [-0.1, -0.05) is 67.3 Å². The third kappa shape index (κ3) is 7.95. The first-order valence-corrected chi connectivity index (χ1v) is 18.3. The Bertz CT molecular complexity index is 1610. The number of aryl methyl sites for hydroxylation is 2. The molecular weight excluding hydrogens is 690 g/mol. The normalized spacial score (nSPS) is 20.3. The maximum Gasteiger partial charge on any atom is 0.319 e. The molecule has 2 aromatic heterocycles. The number of rotatable bonds is 9. The number of hydrogen-bond donors (Lipinski definition) is 1. The number of hydroxylamine groups is 2.